The third-order valence-corrected chi connectivity index (χ3v) is 4.58. The van der Waals surface area contributed by atoms with Gasteiger partial charge in [0.25, 0.3) is 0 Å². The number of nitrogens with one attached hydrogen (secondary N) is 1. The highest BCUT2D eigenvalue weighted by Crippen LogP contribution is 2.42. The molecule has 0 aliphatic heterocycles. The van der Waals surface area contributed by atoms with Gasteiger partial charge >= 0.3 is 0 Å². The van der Waals surface area contributed by atoms with E-state index in [0.717, 1.165) is 26.0 Å². The van der Waals surface area contributed by atoms with Crippen molar-refractivity contribution in [3.05, 3.63) is 35.4 Å². The highest BCUT2D eigenvalue weighted by atomic mass is 16.5. The van der Waals surface area contributed by atoms with Crippen molar-refractivity contribution in [2.75, 3.05) is 6.61 Å². The van der Waals surface area contributed by atoms with Crippen LogP contribution in [0.25, 0.3) is 0 Å². The minimum absolute atomic E-state index is 0.247. The summed E-state index contributed by atoms with van der Waals surface area (Å²) in [5.41, 5.74) is 3.13. The van der Waals surface area contributed by atoms with Crippen LogP contribution in [0, 0.1) is 5.41 Å². The Morgan fingerprint density at radius 2 is 1.89 bits per heavy atom. The molecule has 2 rings (SSSR count). The minimum Gasteiger partial charge on any atom is -0.378 e. The number of aryl methyl sites for hydroxylation is 1. The number of hydrogen-bond donors (Lipinski definition) is 1. The fraction of sp³-hybridized carbons (Fsp3) is 0.647. The average Bonchev–Trinajstić information content (AvgIpc) is 2.42. The Morgan fingerprint density at radius 1 is 1.21 bits per heavy atom. The van der Waals surface area contributed by atoms with Gasteiger partial charge in [-0.05, 0) is 30.9 Å². The molecule has 1 saturated carbocycles. The lowest BCUT2D eigenvalue weighted by Gasteiger charge is -2.52. The fourth-order valence-electron chi connectivity index (χ4n) is 3.02. The van der Waals surface area contributed by atoms with Gasteiger partial charge in [-0.15, -0.1) is 0 Å². The zero-order valence-electron chi connectivity index (χ0n) is 12.7. The maximum atomic E-state index is 5.78. The molecule has 0 amide bonds. The van der Waals surface area contributed by atoms with Crippen molar-refractivity contribution >= 4 is 0 Å². The summed E-state index contributed by atoms with van der Waals surface area (Å²) in [7, 11) is 0. The predicted molar refractivity (Wildman–Crippen MR) is 80.3 cm³/mol. The van der Waals surface area contributed by atoms with Crippen LogP contribution in [0.3, 0.4) is 0 Å². The zero-order valence-corrected chi connectivity index (χ0v) is 12.7. The lowest BCUT2D eigenvalue weighted by atomic mass is 9.64. The molecule has 2 heteroatoms. The van der Waals surface area contributed by atoms with E-state index in [0.29, 0.717) is 12.1 Å². The molecule has 1 aromatic rings. The van der Waals surface area contributed by atoms with Crippen molar-refractivity contribution in [1.82, 2.24) is 5.32 Å². The summed E-state index contributed by atoms with van der Waals surface area (Å²) >= 11 is 0. The third-order valence-electron chi connectivity index (χ3n) is 4.58. The summed E-state index contributed by atoms with van der Waals surface area (Å²) in [4.78, 5) is 0. The highest BCUT2D eigenvalue weighted by Gasteiger charge is 2.48. The zero-order chi connectivity index (χ0) is 13.9. The van der Waals surface area contributed by atoms with Crippen LogP contribution in [0.4, 0.5) is 0 Å². The molecule has 2 nitrogen and oxygen atoms in total. The van der Waals surface area contributed by atoms with Gasteiger partial charge in [-0.3, -0.25) is 0 Å². The first-order valence-electron chi connectivity index (χ1n) is 7.51. The molecule has 0 radical (unpaired) electrons. The number of rotatable bonds is 6. The second-order valence-corrected chi connectivity index (χ2v) is 6.06. The quantitative estimate of drug-likeness (QED) is 0.845. The maximum Gasteiger partial charge on any atom is 0.0655 e. The molecule has 0 aromatic heterocycles. The normalized spacial score (nSPS) is 25.1. The molecule has 1 aromatic carbocycles. The second-order valence-electron chi connectivity index (χ2n) is 6.06. The van der Waals surface area contributed by atoms with Gasteiger partial charge in [0.15, 0.2) is 0 Å². The minimum atomic E-state index is 0.247. The molecular weight excluding hydrogens is 234 g/mol. The maximum absolute atomic E-state index is 5.78. The van der Waals surface area contributed by atoms with E-state index in [4.69, 9.17) is 4.74 Å². The summed E-state index contributed by atoms with van der Waals surface area (Å²) in [6, 6.07) is 9.28. The third kappa shape index (κ3) is 3.01. The van der Waals surface area contributed by atoms with Gasteiger partial charge < -0.3 is 10.1 Å². The standard InChI is InChI=1S/C17H27NO/c1-5-13-9-7-8-10-14(13)12-18-15-11-16(19-6-2)17(15,3)4/h7-10,15-16,18H,5-6,11-12H2,1-4H3. The summed E-state index contributed by atoms with van der Waals surface area (Å²) < 4.78 is 5.78. The molecule has 1 aliphatic carbocycles. The van der Waals surface area contributed by atoms with E-state index in [1.54, 1.807) is 0 Å². The molecule has 1 fully saturated rings. The Bertz CT molecular complexity index is 413. The van der Waals surface area contributed by atoms with E-state index < -0.39 is 0 Å². The van der Waals surface area contributed by atoms with Crippen molar-refractivity contribution in [1.29, 1.82) is 0 Å². The molecule has 1 N–H and O–H groups in total. The van der Waals surface area contributed by atoms with E-state index in [9.17, 15) is 0 Å². The molecule has 1 aliphatic rings. The number of ether oxygens (including phenoxy) is 1. The van der Waals surface area contributed by atoms with E-state index in [1.165, 1.54) is 11.1 Å². The van der Waals surface area contributed by atoms with Crippen LogP contribution in [0.15, 0.2) is 24.3 Å². The molecule has 0 bridgehead atoms. The predicted octanol–water partition coefficient (Wildman–Crippen LogP) is 3.54. The summed E-state index contributed by atoms with van der Waals surface area (Å²) in [5.74, 6) is 0. The van der Waals surface area contributed by atoms with Gasteiger partial charge in [0.1, 0.15) is 0 Å². The largest absolute Gasteiger partial charge is 0.378 e. The second kappa shape index (κ2) is 6.06. The molecule has 106 valence electrons. The van der Waals surface area contributed by atoms with Crippen LogP contribution in [0.5, 0.6) is 0 Å². The van der Waals surface area contributed by atoms with Gasteiger partial charge in [-0.25, -0.2) is 0 Å². The first kappa shape index (κ1) is 14.5. The van der Waals surface area contributed by atoms with Crippen LogP contribution in [0.2, 0.25) is 0 Å². The Labute approximate surface area is 117 Å². The van der Waals surface area contributed by atoms with Crippen molar-refractivity contribution in [3.63, 3.8) is 0 Å². The van der Waals surface area contributed by atoms with Crippen LogP contribution < -0.4 is 5.32 Å². The SMILES string of the molecule is CCOC1CC(NCc2ccccc2CC)C1(C)C. The van der Waals surface area contributed by atoms with E-state index >= 15 is 0 Å². The Morgan fingerprint density at radius 3 is 2.47 bits per heavy atom. The lowest BCUT2D eigenvalue weighted by Crippen LogP contribution is -2.60. The molecule has 2 unspecified atom stereocenters. The first-order valence-corrected chi connectivity index (χ1v) is 7.51. The summed E-state index contributed by atoms with van der Waals surface area (Å²) in [6.45, 7) is 10.7. The van der Waals surface area contributed by atoms with Gasteiger partial charge in [-0.2, -0.15) is 0 Å². The van der Waals surface area contributed by atoms with Crippen LogP contribution in [-0.4, -0.2) is 18.8 Å². The number of benzene rings is 1. The van der Waals surface area contributed by atoms with Crippen molar-refractivity contribution < 1.29 is 4.74 Å². The smallest absolute Gasteiger partial charge is 0.0655 e. The van der Waals surface area contributed by atoms with Gasteiger partial charge in [0, 0.05) is 24.6 Å². The molecule has 0 spiro atoms. The Balaban J connectivity index is 1.90. The summed E-state index contributed by atoms with van der Waals surface area (Å²) in [5, 5.41) is 3.71. The first-order chi connectivity index (χ1) is 9.09. The van der Waals surface area contributed by atoms with E-state index in [1.807, 2.05) is 0 Å². The number of hydrogen-bond acceptors (Lipinski definition) is 2. The van der Waals surface area contributed by atoms with Gasteiger partial charge in [-0.1, -0.05) is 45.0 Å². The summed E-state index contributed by atoms with van der Waals surface area (Å²) in [6.07, 6.45) is 2.65. The van der Waals surface area contributed by atoms with Crippen LogP contribution in [-0.2, 0) is 17.7 Å². The average molecular weight is 261 g/mol. The van der Waals surface area contributed by atoms with Crippen LogP contribution >= 0.6 is 0 Å². The van der Waals surface area contributed by atoms with Crippen molar-refractivity contribution in [3.8, 4) is 0 Å². The molecule has 0 heterocycles. The Kier molecular flexibility index (Phi) is 4.64. The Hall–Kier alpha value is -0.860. The van der Waals surface area contributed by atoms with Crippen LogP contribution in [0.1, 0.15) is 45.2 Å². The topological polar surface area (TPSA) is 21.3 Å². The lowest BCUT2D eigenvalue weighted by molar-refractivity contribution is -0.114. The van der Waals surface area contributed by atoms with Crippen molar-refractivity contribution in [2.24, 2.45) is 5.41 Å². The van der Waals surface area contributed by atoms with Crippen molar-refractivity contribution in [2.45, 2.75) is 59.2 Å². The molecule has 0 saturated heterocycles. The van der Waals surface area contributed by atoms with Gasteiger partial charge in [0.05, 0.1) is 6.10 Å². The molecule has 2 atom stereocenters. The van der Waals surface area contributed by atoms with E-state index in [2.05, 4.69) is 57.3 Å². The fourth-order valence-corrected chi connectivity index (χ4v) is 3.02. The monoisotopic (exact) mass is 261 g/mol. The molecular formula is C17H27NO. The molecule has 19 heavy (non-hydrogen) atoms. The van der Waals surface area contributed by atoms with Gasteiger partial charge in [0.2, 0.25) is 0 Å². The highest BCUT2D eigenvalue weighted by molar-refractivity contribution is 5.27. The van der Waals surface area contributed by atoms with E-state index in [-0.39, 0.29) is 5.41 Å².